The summed E-state index contributed by atoms with van der Waals surface area (Å²) >= 11 is 6.21. The van der Waals surface area contributed by atoms with Crippen LogP contribution in [0.3, 0.4) is 0 Å². The van der Waals surface area contributed by atoms with Crippen LogP contribution in [0.5, 0.6) is 0 Å². The third-order valence-corrected chi connectivity index (χ3v) is 7.99. The van der Waals surface area contributed by atoms with E-state index in [1.54, 1.807) is 18.2 Å². The van der Waals surface area contributed by atoms with Gasteiger partial charge >= 0.3 is 0 Å². The Morgan fingerprint density at radius 2 is 1.69 bits per heavy atom. The first kappa shape index (κ1) is 24.0. The predicted octanol–water partition coefficient (Wildman–Crippen LogP) is 3.12. The first-order chi connectivity index (χ1) is 17.3. The monoisotopic (exact) mass is 522 g/mol. The standard InChI is InChI=1S/C26H23ClN4O4S/c27-18-10-11-22(31-12-14-36(34,35)15-13-31)20(16-18)25(32)30-24-26(33)28-21-9-5-4-8-19(21)23(29-24)17-6-2-1-3-7-17/h1-11,16,24H,12-15H2,(H,28,33)(H,30,32)/t24-/m1/s1. The number of halogens is 1. The molecule has 0 aliphatic carbocycles. The normalized spacial score (nSPS) is 18.9. The number of nitrogens with zero attached hydrogens (tertiary/aromatic N) is 2. The number of anilines is 2. The maximum Gasteiger partial charge on any atom is 0.269 e. The number of benzene rings is 3. The molecule has 0 aromatic heterocycles. The molecule has 1 saturated heterocycles. The first-order valence-corrected chi connectivity index (χ1v) is 13.6. The van der Waals surface area contributed by atoms with Crippen LogP contribution < -0.4 is 15.5 Å². The lowest BCUT2D eigenvalue weighted by molar-refractivity contribution is -0.117. The molecular weight excluding hydrogens is 500 g/mol. The van der Waals surface area contributed by atoms with Gasteiger partial charge in [0.05, 0.1) is 28.5 Å². The number of para-hydroxylation sites is 1. The fourth-order valence-corrected chi connectivity index (χ4v) is 5.68. The quantitative estimate of drug-likeness (QED) is 0.547. The molecule has 1 atom stereocenters. The number of nitrogens with one attached hydrogen (secondary N) is 2. The Kier molecular flexibility index (Phi) is 6.51. The summed E-state index contributed by atoms with van der Waals surface area (Å²) in [6.45, 7) is 0.527. The molecule has 36 heavy (non-hydrogen) atoms. The van der Waals surface area contributed by atoms with Crippen molar-refractivity contribution in [2.75, 3.05) is 34.8 Å². The van der Waals surface area contributed by atoms with E-state index in [1.807, 2.05) is 53.4 Å². The number of benzodiazepines with no additional fused rings is 1. The van der Waals surface area contributed by atoms with Crippen molar-refractivity contribution in [1.82, 2.24) is 5.32 Å². The fourth-order valence-electron chi connectivity index (χ4n) is 4.30. The molecule has 0 radical (unpaired) electrons. The molecule has 10 heteroatoms. The molecule has 2 N–H and O–H groups in total. The van der Waals surface area contributed by atoms with Gasteiger partial charge in [-0.3, -0.25) is 9.59 Å². The smallest absolute Gasteiger partial charge is 0.269 e. The van der Waals surface area contributed by atoms with Gasteiger partial charge in [0, 0.05) is 34.9 Å². The summed E-state index contributed by atoms with van der Waals surface area (Å²) in [5.74, 6) is -1.01. The molecule has 8 nitrogen and oxygen atoms in total. The highest BCUT2D eigenvalue weighted by Gasteiger charge is 2.30. The Hall–Kier alpha value is -3.69. The van der Waals surface area contributed by atoms with Gasteiger partial charge in [-0.1, -0.05) is 60.1 Å². The zero-order chi connectivity index (χ0) is 25.3. The topological polar surface area (TPSA) is 108 Å². The highest BCUT2D eigenvalue weighted by atomic mass is 35.5. The van der Waals surface area contributed by atoms with Crippen LogP contribution in [0.15, 0.2) is 77.8 Å². The summed E-state index contributed by atoms with van der Waals surface area (Å²) in [6, 6.07) is 21.6. The summed E-state index contributed by atoms with van der Waals surface area (Å²) in [6.07, 6.45) is -1.20. The average molecular weight is 523 g/mol. The molecular formula is C26H23ClN4O4S. The minimum atomic E-state index is -3.10. The van der Waals surface area contributed by atoms with Crippen molar-refractivity contribution in [3.8, 4) is 0 Å². The van der Waals surface area contributed by atoms with Crippen LogP contribution in [-0.4, -0.2) is 56.7 Å². The second-order valence-corrected chi connectivity index (χ2v) is 11.3. The van der Waals surface area contributed by atoms with Gasteiger partial charge in [0.15, 0.2) is 9.84 Å². The highest BCUT2D eigenvalue weighted by Crippen LogP contribution is 2.27. The van der Waals surface area contributed by atoms with Gasteiger partial charge in [-0.25, -0.2) is 13.4 Å². The minimum absolute atomic E-state index is 0.00467. The SMILES string of the molecule is O=C(N[C@H]1N=C(c2ccccc2)c2ccccc2NC1=O)c1cc(Cl)ccc1N1CCS(=O)(=O)CC1. The number of rotatable bonds is 4. The van der Waals surface area contributed by atoms with Gasteiger partial charge in [0.1, 0.15) is 0 Å². The van der Waals surface area contributed by atoms with Crippen LogP contribution >= 0.6 is 11.6 Å². The van der Waals surface area contributed by atoms with Crippen LogP contribution in [-0.2, 0) is 14.6 Å². The molecule has 1 fully saturated rings. The summed E-state index contributed by atoms with van der Waals surface area (Å²) in [5.41, 5.74) is 3.51. The van der Waals surface area contributed by atoms with Gasteiger partial charge in [0.25, 0.3) is 11.8 Å². The molecule has 0 unspecified atom stereocenters. The van der Waals surface area contributed by atoms with Crippen LogP contribution in [0.4, 0.5) is 11.4 Å². The number of sulfone groups is 1. The first-order valence-electron chi connectivity index (χ1n) is 11.4. The van der Waals surface area contributed by atoms with Crippen molar-refractivity contribution < 1.29 is 18.0 Å². The molecule has 0 bridgehead atoms. The van der Waals surface area contributed by atoms with E-state index in [0.717, 1.165) is 11.1 Å². The summed E-state index contributed by atoms with van der Waals surface area (Å²) in [7, 11) is -3.10. The van der Waals surface area contributed by atoms with Crippen LogP contribution in [0, 0.1) is 0 Å². The van der Waals surface area contributed by atoms with E-state index in [9.17, 15) is 18.0 Å². The van der Waals surface area contributed by atoms with E-state index < -0.39 is 27.8 Å². The molecule has 3 aromatic rings. The molecule has 5 rings (SSSR count). The Labute approximate surface area is 213 Å². The number of carbonyl (C=O) groups is 2. The van der Waals surface area contributed by atoms with E-state index >= 15 is 0 Å². The summed E-state index contributed by atoms with van der Waals surface area (Å²) in [4.78, 5) is 33.1. The number of fused-ring (bicyclic) bond motifs is 1. The number of carbonyl (C=O) groups excluding carboxylic acids is 2. The molecule has 2 aliphatic rings. The number of hydrogen-bond acceptors (Lipinski definition) is 6. The van der Waals surface area contributed by atoms with Crippen LogP contribution in [0.25, 0.3) is 0 Å². The number of hydrogen-bond donors (Lipinski definition) is 2. The van der Waals surface area contributed by atoms with E-state index in [0.29, 0.717) is 22.1 Å². The van der Waals surface area contributed by atoms with E-state index in [1.165, 1.54) is 6.07 Å². The molecule has 2 heterocycles. The maximum absolute atomic E-state index is 13.5. The third-order valence-electron chi connectivity index (χ3n) is 6.15. The van der Waals surface area contributed by atoms with Gasteiger partial charge in [-0.2, -0.15) is 0 Å². The predicted molar refractivity (Wildman–Crippen MR) is 141 cm³/mol. The van der Waals surface area contributed by atoms with Gasteiger partial charge < -0.3 is 15.5 Å². The van der Waals surface area contributed by atoms with Gasteiger partial charge in [-0.15, -0.1) is 0 Å². The van der Waals surface area contributed by atoms with Crippen molar-refractivity contribution in [3.63, 3.8) is 0 Å². The van der Waals surface area contributed by atoms with Gasteiger partial charge in [-0.05, 0) is 24.3 Å². The number of amides is 2. The molecule has 0 spiro atoms. The second kappa shape index (κ2) is 9.75. The van der Waals surface area contributed by atoms with Crippen LogP contribution in [0.2, 0.25) is 5.02 Å². The van der Waals surface area contributed by atoms with E-state index in [4.69, 9.17) is 11.6 Å². The van der Waals surface area contributed by atoms with Crippen molar-refractivity contribution >= 4 is 50.3 Å². The Morgan fingerprint density at radius 3 is 2.44 bits per heavy atom. The zero-order valence-electron chi connectivity index (χ0n) is 19.1. The minimum Gasteiger partial charge on any atom is -0.369 e. The average Bonchev–Trinajstić information content (AvgIpc) is 3.01. The molecule has 2 aliphatic heterocycles. The summed E-state index contributed by atoms with van der Waals surface area (Å²) < 4.78 is 23.8. The van der Waals surface area contributed by atoms with Crippen molar-refractivity contribution in [3.05, 3.63) is 94.5 Å². The fraction of sp³-hybridized carbons (Fsp3) is 0.192. The Morgan fingerprint density at radius 1 is 1.00 bits per heavy atom. The molecule has 3 aromatic carbocycles. The van der Waals surface area contributed by atoms with Crippen LogP contribution in [0.1, 0.15) is 21.5 Å². The maximum atomic E-state index is 13.5. The Bertz CT molecular complexity index is 1460. The lowest BCUT2D eigenvalue weighted by Crippen LogP contribution is -2.44. The van der Waals surface area contributed by atoms with Crippen molar-refractivity contribution in [2.45, 2.75) is 6.17 Å². The van der Waals surface area contributed by atoms with Crippen molar-refractivity contribution in [2.24, 2.45) is 4.99 Å². The van der Waals surface area contributed by atoms with E-state index in [-0.39, 0.29) is 30.2 Å². The van der Waals surface area contributed by atoms with Gasteiger partial charge in [0.2, 0.25) is 6.17 Å². The lowest BCUT2D eigenvalue weighted by atomic mass is 10.0. The molecule has 0 saturated carbocycles. The summed E-state index contributed by atoms with van der Waals surface area (Å²) in [5, 5.41) is 5.94. The molecule has 2 amide bonds. The third kappa shape index (κ3) is 4.98. The molecule has 184 valence electrons. The van der Waals surface area contributed by atoms with E-state index in [2.05, 4.69) is 15.6 Å². The largest absolute Gasteiger partial charge is 0.369 e. The lowest BCUT2D eigenvalue weighted by Gasteiger charge is -2.30. The number of aliphatic imine (C=N–C) groups is 1. The highest BCUT2D eigenvalue weighted by molar-refractivity contribution is 7.91. The zero-order valence-corrected chi connectivity index (χ0v) is 20.7. The Balaban J connectivity index is 1.49. The second-order valence-electron chi connectivity index (χ2n) is 8.55. The van der Waals surface area contributed by atoms with Crippen molar-refractivity contribution in [1.29, 1.82) is 0 Å².